The molecule has 0 unspecified atom stereocenters. The number of rotatable bonds is 3. The van der Waals surface area contributed by atoms with Gasteiger partial charge in [0.05, 0.1) is 13.2 Å². The Bertz CT molecular complexity index is 390. The maximum absolute atomic E-state index is 13.2. The first-order valence-electron chi connectivity index (χ1n) is 5.47. The molecule has 0 radical (unpaired) electrons. The molecule has 1 aliphatic rings. The average molecular weight is 243 g/mol. The summed E-state index contributed by atoms with van der Waals surface area (Å²) in [6.45, 7) is 0.996. The van der Waals surface area contributed by atoms with E-state index < -0.39 is 18.1 Å². The summed E-state index contributed by atoms with van der Waals surface area (Å²) in [5, 5.41) is 9.29. The van der Waals surface area contributed by atoms with Gasteiger partial charge < -0.3 is 9.84 Å². The highest BCUT2D eigenvalue weighted by Gasteiger charge is 2.30. The summed E-state index contributed by atoms with van der Waals surface area (Å²) in [5.74, 6) is -0.236. The minimum absolute atomic E-state index is 0.180. The van der Waals surface area contributed by atoms with Crippen LogP contribution < -0.4 is 4.74 Å². The molecule has 0 aliphatic carbocycles. The zero-order valence-corrected chi connectivity index (χ0v) is 9.57. The average Bonchev–Trinajstić information content (AvgIpc) is 2.61. The highest BCUT2D eigenvalue weighted by molar-refractivity contribution is 5.30. The summed E-state index contributed by atoms with van der Waals surface area (Å²) in [4.78, 5) is 1.79. The van der Waals surface area contributed by atoms with Crippen LogP contribution in [0.25, 0.3) is 0 Å². The monoisotopic (exact) mass is 243 g/mol. The summed E-state index contributed by atoms with van der Waals surface area (Å²) >= 11 is 0. The first-order valence-corrected chi connectivity index (χ1v) is 5.47. The van der Waals surface area contributed by atoms with E-state index in [1.54, 1.807) is 17.0 Å². The van der Waals surface area contributed by atoms with Crippen molar-refractivity contribution in [2.45, 2.75) is 18.8 Å². The number of nitrogens with zero attached hydrogens (tertiary/aromatic N) is 1. The summed E-state index contributed by atoms with van der Waals surface area (Å²) in [5.41, 5.74) is 0.838. The Morgan fingerprint density at radius 2 is 2.24 bits per heavy atom. The van der Waals surface area contributed by atoms with Gasteiger partial charge in [0.1, 0.15) is 6.17 Å². The fourth-order valence-corrected chi connectivity index (χ4v) is 2.01. The van der Waals surface area contributed by atoms with E-state index in [1.165, 1.54) is 13.2 Å². The van der Waals surface area contributed by atoms with Crippen molar-refractivity contribution in [3.8, 4) is 5.75 Å². The Morgan fingerprint density at radius 1 is 1.47 bits per heavy atom. The molecule has 0 amide bonds. The Kier molecular flexibility index (Phi) is 3.59. The maximum atomic E-state index is 13.2. The number of aliphatic hydroxyl groups is 1. The van der Waals surface area contributed by atoms with Gasteiger partial charge in [0, 0.05) is 19.6 Å². The number of methoxy groups -OCH3 is 1. The minimum Gasteiger partial charge on any atom is -0.494 e. The number of halogens is 2. The normalized spacial score (nSPS) is 25.2. The Labute approximate surface area is 98.6 Å². The number of likely N-dealkylation sites (tertiary alicyclic amines) is 1. The van der Waals surface area contributed by atoms with Gasteiger partial charge in [-0.15, -0.1) is 0 Å². The van der Waals surface area contributed by atoms with E-state index in [2.05, 4.69) is 0 Å². The van der Waals surface area contributed by atoms with E-state index in [0.29, 0.717) is 13.1 Å². The van der Waals surface area contributed by atoms with E-state index >= 15 is 0 Å². The van der Waals surface area contributed by atoms with Crippen LogP contribution in [0.4, 0.5) is 8.78 Å². The zero-order chi connectivity index (χ0) is 12.4. The van der Waals surface area contributed by atoms with Crippen LogP contribution in [-0.2, 0) is 6.54 Å². The molecule has 2 atom stereocenters. The molecule has 3 nitrogen and oxygen atoms in total. The van der Waals surface area contributed by atoms with E-state index in [1.807, 2.05) is 0 Å². The molecule has 1 N–H and O–H groups in total. The molecule has 1 fully saturated rings. The number of benzene rings is 1. The maximum Gasteiger partial charge on any atom is 0.165 e. The fraction of sp³-hybridized carbons (Fsp3) is 0.500. The topological polar surface area (TPSA) is 32.7 Å². The molecule has 1 aromatic rings. The molecule has 1 aromatic carbocycles. The Hall–Kier alpha value is -1.20. The zero-order valence-electron chi connectivity index (χ0n) is 9.57. The minimum atomic E-state index is -1.20. The van der Waals surface area contributed by atoms with Crippen molar-refractivity contribution in [2.24, 2.45) is 0 Å². The second kappa shape index (κ2) is 4.98. The van der Waals surface area contributed by atoms with Gasteiger partial charge in [0.2, 0.25) is 0 Å². The molecule has 1 aliphatic heterocycles. The predicted molar refractivity (Wildman–Crippen MR) is 59.1 cm³/mol. The third kappa shape index (κ3) is 2.73. The van der Waals surface area contributed by atoms with Crippen LogP contribution in [0.2, 0.25) is 0 Å². The summed E-state index contributed by atoms with van der Waals surface area (Å²) in [6.07, 6.45) is -2.12. The van der Waals surface area contributed by atoms with E-state index in [0.717, 1.165) is 5.56 Å². The number of hydrogen-bond acceptors (Lipinski definition) is 3. The summed E-state index contributed by atoms with van der Waals surface area (Å²) in [6, 6.07) is 4.55. The van der Waals surface area contributed by atoms with Crippen LogP contribution >= 0.6 is 0 Å². The number of aliphatic hydroxyl groups excluding tert-OH is 1. The molecule has 0 bridgehead atoms. The first kappa shape index (κ1) is 12.3. The summed E-state index contributed by atoms with van der Waals surface area (Å²) < 4.78 is 31.1. The number of ether oxygens (including phenoxy) is 1. The highest BCUT2D eigenvalue weighted by Crippen LogP contribution is 2.21. The lowest BCUT2D eigenvalue weighted by Crippen LogP contribution is -2.21. The largest absolute Gasteiger partial charge is 0.494 e. The van der Waals surface area contributed by atoms with Gasteiger partial charge in [0.15, 0.2) is 11.6 Å². The first-order chi connectivity index (χ1) is 8.10. The fourth-order valence-electron chi connectivity index (χ4n) is 2.01. The van der Waals surface area contributed by atoms with Gasteiger partial charge in [-0.2, -0.15) is 0 Å². The molecular weight excluding hydrogens is 228 g/mol. The van der Waals surface area contributed by atoms with Gasteiger partial charge in [-0.25, -0.2) is 8.78 Å². The van der Waals surface area contributed by atoms with Crippen LogP contribution in [0.1, 0.15) is 5.56 Å². The Morgan fingerprint density at radius 3 is 2.82 bits per heavy atom. The van der Waals surface area contributed by atoms with Gasteiger partial charge in [-0.3, -0.25) is 4.90 Å². The lowest BCUT2D eigenvalue weighted by atomic mass is 10.2. The van der Waals surface area contributed by atoms with Crippen LogP contribution in [0.3, 0.4) is 0 Å². The van der Waals surface area contributed by atoms with Gasteiger partial charge in [-0.1, -0.05) is 6.07 Å². The van der Waals surface area contributed by atoms with Crippen molar-refractivity contribution < 1.29 is 18.6 Å². The third-order valence-electron chi connectivity index (χ3n) is 2.92. The number of alkyl halides is 1. The predicted octanol–water partition coefficient (Wildman–Crippen LogP) is 1.35. The molecule has 0 aromatic heterocycles. The van der Waals surface area contributed by atoms with Crippen LogP contribution in [0.5, 0.6) is 5.75 Å². The number of β-amino-alcohol motifs (C(OH)–C–C–N with tert-alkyl or cyclic N) is 1. The molecule has 94 valence electrons. The molecular formula is C12H15F2NO2. The lowest BCUT2D eigenvalue weighted by Gasteiger charge is -2.15. The van der Waals surface area contributed by atoms with Crippen molar-refractivity contribution >= 4 is 0 Å². The lowest BCUT2D eigenvalue weighted by molar-refractivity contribution is 0.115. The van der Waals surface area contributed by atoms with E-state index in [4.69, 9.17) is 4.74 Å². The van der Waals surface area contributed by atoms with E-state index in [9.17, 15) is 13.9 Å². The Balaban J connectivity index is 2.04. The molecule has 17 heavy (non-hydrogen) atoms. The standard InChI is InChI=1S/C12H15F2NO2/c1-17-12-4-8(2-3-9(12)13)5-15-6-10(14)11(16)7-15/h2-4,10-11,16H,5-7H2,1H3/t10-,11-/m1/s1. The van der Waals surface area contributed by atoms with Gasteiger partial charge in [-0.05, 0) is 17.7 Å². The van der Waals surface area contributed by atoms with Gasteiger partial charge in [0.25, 0.3) is 0 Å². The molecule has 0 saturated carbocycles. The van der Waals surface area contributed by atoms with Crippen molar-refractivity contribution in [3.05, 3.63) is 29.6 Å². The van der Waals surface area contributed by atoms with Gasteiger partial charge >= 0.3 is 0 Å². The van der Waals surface area contributed by atoms with Crippen molar-refractivity contribution in [1.29, 1.82) is 0 Å². The second-order valence-corrected chi connectivity index (χ2v) is 4.25. The molecule has 2 rings (SSSR count). The molecule has 5 heteroatoms. The summed E-state index contributed by atoms with van der Waals surface area (Å²) in [7, 11) is 1.40. The van der Waals surface area contributed by atoms with Crippen LogP contribution in [0, 0.1) is 5.82 Å². The molecule has 0 spiro atoms. The van der Waals surface area contributed by atoms with Crippen molar-refractivity contribution in [3.63, 3.8) is 0 Å². The smallest absolute Gasteiger partial charge is 0.165 e. The quantitative estimate of drug-likeness (QED) is 0.869. The molecule has 1 saturated heterocycles. The second-order valence-electron chi connectivity index (χ2n) is 4.25. The highest BCUT2D eigenvalue weighted by atomic mass is 19.1. The van der Waals surface area contributed by atoms with Crippen molar-refractivity contribution in [1.82, 2.24) is 4.90 Å². The molecule has 1 heterocycles. The third-order valence-corrected chi connectivity index (χ3v) is 2.92. The number of hydrogen-bond donors (Lipinski definition) is 1. The van der Waals surface area contributed by atoms with Crippen molar-refractivity contribution in [2.75, 3.05) is 20.2 Å². The van der Waals surface area contributed by atoms with Crippen LogP contribution in [-0.4, -0.2) is 42.5 Å². The van der Waals surface area contributed by atoms with E-state index in [-0.39, 0.29) is 12.3 Å². The van der Waals surface area contributed by atoms with Crippen LogP contribution in [0.15, 0.2) is 18.2 Å². The SMILES string of the molecule is COc1cc(CN2C[C@@H](O)[C@H](F)C2)ccc1F.